The summed E-state index contributed by atoms with van der Waals surface area (Å²) in [7, 11) is 0. The van der Waals surface area contributed by atoms with E-state index < -0.39 is 0 Å². The molecule has 142 valence electrons. The third kappa shape index (κ3) is 4.77. The number of piperazine rings is 1. The second-order valence-corrected chi connectivity index (χ2v) is 7.30. The third-order valence-corrected chi connectivity index (χ3v) is 5.12. The SMILES string of the molecule is O=C(CN1CCN(C(=O)COc2ccc3ccccc3c2)CC1)NC1CC1. The Kier molecular flexibility index (Phi) is 5.25. The predicted molar refractivity (Wildman–Crippen MR) is 104 cm³/mol. The highest BCUT2D eigenvalue weighted by atomic mass is 16.5. The smallest absolute Gasteiger partial charge is 0.260 e. The molecule has 1 saturated heterocycles. The number of nitrogens with one attached hydrogen (secondary N) is 1. The molecule has 1 aliphatic carbocycles. The van der Waals surface area contributed by atoms with Gasteiger partial charge in [-0.1, -0.05) is 30.3 Å². The number of benzene rings is 2. The number of hydrogen-bond acceptors (Lipinski definition) is 4. The fraction of sp³-hybridized carbons (Fsp3) is 0.429. The van der Waals surface area contributed by atoms with Gasteiger partial charge < -0.3 is 15.0 Å². The standard InChI is InChI=1S/C21H25N3O3/c25-20(22-18-6-7-18)14-23-9-11-24(12-10-23)21(26)15-27-19-8-5-16-3-1-2-4-17(16)13-19/h1-5,8,13,18H,6-7,9-12,14-15H2,(H,22,25). The van der Waals surface area contributed by atoms with Crippen molar-refractivity contribution in [1.82, 2.24) is 15.1 Å². The van der Waals surface area contributed by atoms with Gasteiger partial charge in [-0.2, -0.15) is 0 Å². The molecule has 0 spiro atoms. The van der Waals surface area contributed by atoms with Crippen LogP contribution >= 0.6 is 0 Å². The van der Waals surface area contributed by atoms with E-state index in [0.717, 1.165) is 36.7 Å². The van der Waals surface area contributed by atoms with Crippen LogP contribution in [0.25, 0.3) is 10.8 Å². The molecule has 0 atom stereocenters. The van der Waals surface area contributed by atoms with Crippen LogP contribution in [0.4, 0.5) is 0 Å². The molecule has 1 N–H and O–H groups in total. The van der Waals surface area contributed by atoms with Crippen molar-refractivity contribution >= 4 is 22.6 Å². The Labute approximate surface area is 159 Å². The summed E-state index contributed by atoms with van der Waals surface area (Å²) in [6.07, 6.45) is 2.20. The molecule has 4 rings (SSSR count). The quantitative estimate of drug-likeness (QED) is 0.843. The van der Waals surface area contributed by atoms with Crippen LogP contribution in [0.15, 0.2) is 42.5 Å². The van der Waals surface area contributed by atoms with Gasteiger partial charge in [-0.25, -0.2) is 0 Å². The van der Waals surface area contributed by atoms with Gasteiger partial charge in [-0.15, -0.1) is 0 Å². The van der Waals surface area contributed by atoms with E-state index in [9.17, 15) is 9.59 Å². The summed E-state index contributed by atoms with van der Waals surface area (Å²) in [5, 5.41) is 5.25. The fourth-order valence-electron chi connectivity index (χ4n) is 3.35. The van der Waals surface area contributed by atoms with Gasteiger partial charge in [0.2, 0.25) is 5.91 Å². The zero-order valence-electron chi connectivity index (χ0n) is 15.4. The first kappa shape index (κ1) is 17.8. The van der Waals surface area contributed by atoms with Crippen LogP contribution in [0.1, 0.15) is 12.8 Å². The molecular formula is C21H25N3O3. The number of ether oxygens (including phenoxy) is 1. The number of fused-ring (bicyclic) bond motifs is 1. The van der Waals surface area contributed by atoms with Gasteiger partial charge in [-0.05, 0) is 35.7 Å². The molecule has 0 aromatic heterocycles. The van der Waals surface area contributed by atoms with Crippen molar-refractivity contribution in [3.63, 3.8) is 0 Å². The van der Waals surface area contributed by atoms with Crippen LogP contribution in [0.5, 0.6) is 5.75 Å². The molecule has 2 aromatic rings. The summed E-state index contributed by atoms with van der Waals surface area (Å²) in [6, 6.07) is 14.3. The lowest BCUT2D eigenvalue weighted by molar-refractivity contribution is -0.135. The normalized spacial score (nSPS) is 17.7. The minimum Gasteiger partial charge on any atom is -0.484 e. The molecule has 0 bridgehead atoms. The van der Waals surface area contributed by atoms with Crippen molar-refractivity contribution in [2.75, 3.05) is 39.3 Å². The number of carbonyl (C=O) groups excluding carboxylic acids is 2. The van der Waals surface area contributed by atoms with Gasteiger partial charge >= 0.3 is 0 Å². The Bertz CT molecular complexity index is 826. The van der Waals surface area contributed by atoms with E-state index in [1.165, 1.54) is 0 Å². The topological polar surface area (TPSA) is 61.9 Å². The molecule has 0 radical (unpaired) electrons. The molecule has 0 unspecified atom stereocenters. The predicted octanol–water partition coefficient (Wildman–Crippen LogP) is 1.64. The first-order valence-corrected chi connectivity index (χ1v) is 9.58. The fourth-order valence-corrected chi connectivity index (χ4v) is 3.35. The average molecular weight is 367 g/mol. The highest BCUT2D eigenvalue weighted by Gasteiger charge is 2.26. The van der Waals surface area contributed by atoms with Gasteiger partial charge in [0.25, 0.3) is 5.91 Å². The second-order valence-electron chi connectivity index (χ2n) is 7.30. The van der Waals surface area contributed by atoms with E-state index in [-0.39, 0.29) is 18.4 Å². The van der Waals surface area contributed by atoms with E-state index >= 15 is 0 Å². The maximum Gasteiger partial charge on any atom is 0.260 e. The van der Waals surface area contributed by atoms with Crippen LogP contribution < -0.4 is 10.1 Å². The average Bonchev–Trinajstić information content (AvgIpc) is 3.50. The molecule has 1 saturated carbocycles. The highest BCUT2D eigenvalue weighted by molar-refractivity contribution is 5.84. The monoisotopic (exact) mass is 367 g/mol. The van der Waals surface area contributed by atoms with Crippen molar-refractivity contribution in [3.8, 4) is 5.75 Å². The lowest BCUT2D eigenvalue weighted by Gasteiger charge is -2.34. The number of hydrogen-bond donors (Lipinski definition) is 1. The molecule has 27 heavy (non-hydrogen) atoms. The zero-order valence-corrected chi connectivity index (χ0v) is 15.4. The highest BCUT2D eigenvalue weighted by Crippen LogP contribution is 2.21. The minimum absolute atomic E-state index is 0.00904. The Morgan fingerprint density at radius 3 is 2.48 bits per heavy atom. The summed E-state index contributed by atoms with van der Waals surface area (Å²) in [4.78, 5) is 28.2. The molecular weight excluding hydrogens is 342 g/mol. The van der Waals surface area contributed by atoms with Gasteiger partial charge in [0.05, 0.1) is 6.54 Å². The van der Waals surface area contributed by atoms with Gasteiger partial charge in [0.15, 0.2) is 6.61 Å². The first-order valence-electron chi connectivity index (χ1n) is 9.58. The molecule has 2 aliphatic rings. The van der Waals surface area contributed by atoms with Crippen LogP contribution in [0.3, 0.4) is 0 Å². The third-order valence-electron chi connectivity index (χ3n) is 5.12. The molecule has 1 heterocycles. The van der Waals surface area contributed by atoms with Crippen molar-refractivity contribution < 1.29 is 14.3 Å². The number of amides is 2. The molecule has 6 heteroatoms. The Morgan fingerprint density at radius 1 is 1.00 bits per heavy atom. The lowest BCUT2D eigenvalue weighted by Crippen LogP contribution is -2.52. The summed E-state index contributed by atoms with van der Waals surface area (Å²) < 4.78 is 5.70. The molecule has 2 fully saturated rings. The maximum atomic E-state index is 12.4. The summed E-state index contributed by atoms with van der Waals surface area (Å²) in [6.45, 7) is 3.18. The Morgan fingerprint density at radius 2 is 1.74 bits per heavy atom. The molecule has 1 aliphatic heterocycles. The molecule has 2 amide bonds. The van der Waals surface area contributed by atoms with E-state index in [4.69, 9.17) is 4.74 Å². The Hall–Kier alpha value is -2.60. The zero-order chi connectivity index (χ0) is 18.6. The minimum atomic E-state index is -0.00904. The van der Waals surface area contributed by atoms with Gasteiger partial charge in [0.1, 0.15) is 5.75 Å². The van der Waals surface area contributed by atoms with E-state index in [1.54, 1.807) is 0 Å². The summed E-state index contributed by atoms with van der Waals surface area (Å²) in [5.41, 5.74) is 0. The number of rotatable bonds is 6. The van der Waals surface area contributed by atoms with Crippen LogP contribution in [0.2, 0.25) is 0 Å². The van der Waals surface area contributed by atoms with Crippen molar-refractivity contribution in [2.45, 2.75) is 18.9 Å². The largest absolute Gasteiger partial charge is 0.484 e. The van der Waals surface area contributed by atoms with E-state index in [1.807, 2.05) is 41.3 Å². The van der Waals surface area contributed by atoms with Crippen LogP contribution in [-0.4, -0.2) is 67.0 Å². The van der Waals surface area contributed by atoms with Crippen molar-refractivity contribution in [2.24, 2.45) is 0 Å². The second kappa shape index (κ2) is 7.96. The molecule has 6 nitrogen and oxygen atoms in total. The number of carbonyl (C=O) groups is 2. The summed E-state index contributed by atoms with van der Waals surface area (Å²) in [5.74, 6) is 0.791. The van der Waals surface area contributed by atoms with Gasteiger partial charge in [0, 0.05) is 32.2 Å². The van der Waals surface area contributed by atoms with E-state index in [0.29, 0.717) is 31.4 Å². The van der Waals surface area contributed by atoms with Gasteiger partial charge in [-0.3, -0.25) is 14.5 Å². The Balaban J connectivity index is 1.22. The van der Waals surface area contributed by atoms with Crippen LogP contribution in [-0.2, 0) is 9.59 Å². The van der Waals surface area contributed by atoms with E-state index in [2.05, 4.69) is 16.3 Å². The summed E-state index contributed by atoms with van der Waals surface area (Å²) >= 11 is 0. The first-order chi connectivity index (χ1) is 13.2. The number of nitrogens with zero attached hydrogens (tertiary/aromatic N) is 2. The van der Waals surface area contributed by atoms with Crippen molar-refractivity contribution in [1.29, 1.82) is 0 Å². The molecule has 2 aromatic carbocycles. The van der Waals surface area contributed by atoms with Crippen LogP contribution in [0, 0.1) is 0 Å². The van der Waals surface area contributed by atoms with Crippen molar-refractivity contribution in [3.05, 3.63) is 42.5 Å². The lowest BCUT2D eigenvalue weighted by atomic mass is 10.1. The maximum absolute atomic E-state index is 12.4.